The summed E-state index contributed by atoms with van der Waals surface area (Å²) in [6, 6.07) is 0. The van der Waals surface area contributed by atoms with Crippen LogP contribution in [-0.4, -0.2) is 444 Å². The summed E-state index contributed by atoms with van der Waals surface area (Å²) < 4.78 is 0. The molecule has 0 saturated heterocycles. The van der Waals surface area contributed by atoms with E-state index in [0.717, 1.165) is 0 Å². The average Bonchev–Trinajstić information content (AvgIpc) is 0. The van der Waals surface area contributed by atoms with Gasteiger partial charge in [0, 0.05) is 0 Å². The second-order valence-corrected chi connectivity index (χ2v) is 0. The third kappa shape index (κ3) is 40900. The first-order chi connectivity index (χ1) is 0. The highest BCUT2D eigenvalue weighted by molar-refractivity contribution is 0.904. The minimum Gasteiger partial charge on any atom is -0.412 e. The van der Waals surface area contributed by atoms with Crippen LogP contribution < -0.4 is 0 Å². The zero-order valence-corrected chi connectivity index (χ0v) is 40.5. The molecule has 0 bridgehead atoms. The van der Waals surface area contributed by atoms with Crippen LogP contribution in [0.4, 0.5) is 0 Å². The molecule has 0 aromatic carbocycles. The summed E-state index contributed by atoms with van der Waals surface area (Å²) in [6.45, 7) is 0. The van der Waals surface area contributed by atoms with E-state index in [1.165, 1.54) is 0 Å². The number of hydrogen-bond donors (Lipinski definition) is 0. The molecule has 648 valence electrons. The van der Waals surface area contributed by atoms with Crippen LogP contribution in [0.3, 0.4) is 0 Å². The van der Waals surface area contributed by atoms with E-state index >= 15 is 0 Å². The summed E-state index contributed by atoms with van der Waals surface area (Å²) in [5, 5.41) is 0. The highest BCUT2D eigenvalue weighted by Crippen LogP contribution is -0.209. The minimum absolute atomic E-state index is 0. The van der Waals surface area contributed by atoms with Crippen molar-refractivity contribution >= 4 is 0 Å². The van der Waals surface area contributed by atoms with Crippen LogP contribution in [0.5, 0.6) is 0 Å². The molecule has 0 unspecified atom stereocenters. The van der Waals surface area contributed by atoms with E-state index < -0.39 is 0 Å². The Kier molecular flexibility index (Phi) is 22600000. The van der Waals surface area contributed by atoms with Gasteiger partial charge in [-0.25, -0.2) is 0 Å². The molecule has 0 radical (unpaired) electrons. The van der Waals surface area contributed by atoms with Crippen molar-refractivity contribution in [2.75, 3.05) is 0 Å². The number of hydrogen-bond acceptors (Lipinski definition) is 0. The van der Waals surface area contributed by atoms with Crippen LogP contribution in [0, 0.1) is 0 Å². The molecule has 0 aliphatic heterocycles. The first kappa shape index (κ1) is 43600. The Morgan fingerprint density at radius 3 is 0.0123 bits per heavy atom. The Morgan fingerprint density at radius 2 is 0.0123 bits per heavy atom. The predicted molar refractivity (Wildman–Crippen MR) is 293 cm³/mol. The molecule has 162 N–H and O–H groups in total. The molecule has 0 aromatic rings. The van der Waals surface area contributed by atoms with E-state index in [1.54, 1.807) is 0 Å². The minimum atomic E-state index is 0. The Morgan fingerprint density at radius 1 is 0.0123 bits per heavy atom. The Balaban J connectivity index is 0. The third-order valence-electron chi connectivity index (χ3n) is 0. The summed E-state index contributed by atoms with van der Waals surface area (Å²) in [4.78, 5) is 0. The van der Waals surface area contributed by atoms with E-state index in [-0.39, 0.29) is 444 Å². The standard InChI is InChI=1S/81H2O/h81*1H2. The molecule has 0 fully saturated rings. The van der Waals surface area contributed by atoms with E-state index in [2.05, 4.69) is 0 Å². The van der Waals surface area contributed by atoms with Crippen molar-refractivity contribution in [2.45, 2.75) is 0 Å². The molecule has 0 aromatic heterocycles. The van der Waals surface area contributed by atoms with Crippen molar-refractivity contribution in [3.8, 4) is 0 Å². The van der Waals surface area contributed by atoms with Crippen LogP contribution in [0.1, 0.15) is 0 Å². The van der Waals surface area contributed by atoms with Crippen LogP contribution in [0.2, 0.25) is 0 Å². The summed E-state index contributed by atoms with van der Waals surface area (Å²) in [6.07, 6.45) is 0. The van der Waals surface area contributed by atoms with Gasteiger partial charge in [-0.05, 0) is 0 Å². The van der Waals surface area contributed by atoms with Gasteiger partial charge in [-0.15, -0.1) is 0 Å². The lowest BCUT2D eigenvalue weighted by Crippen LogP contribution is -0.290. The van der Waals surface area contributed by atoms with Crippen molar-refractivity contribution in [3.05, 3.63) is 0 Å². The van der Waals surface area contributed by atoms with Gasteiger partial charge in [0.25, 0.3) is 0 Å². The molecule has 0 heterocycles. The summed E-state index contributed by atoms with van der Waals surface area (Å²) in [5.74, 6) is 0. The van der Waals surface area contributed by atoms with Gasteiger partial charge in [-0.1, -0.05) is 0 Å². The van der Waals surface area contributed by atoms with Crippen LogP contribution in [0.15, 0.2) is 0 Å². The maximum atomic E-state index is 0. The molecule has 0 aliphatic rings. The lowest BCUT2D eigenvalue weighted by Gasteiger charge is -0.413. The lowest BCUT2D eigenvalue weighted by atomic mass is 16.0. The second kappa shape index (κ2) is 42000. The van der Waals surface area contributed by atoms with Crippen molar-refractivity contribution in [1.29, 1.82) is 0 Å². The van der Waals surface area contributed by atoms with Crippen molar-refractivity contribution < 1.29 is 444 Å². The Hall–Kier alpha value is -3.24. The van der Waals surface area contributed by atoms with Gasteiger partial charge in [-0.2, -0.15) is 0 Å². The SMILES string of the molecule is O.O.O.O.O.O.O.O.O.O.O.O.O.O.O.O.O.O.O.O.O.O.O.O.O.O.O.O.O.O.O.O.O.O.O.O.O.O.O.O.O.O.O.O.O.O.O.O.O.O.O.O.O.O.O.O.O.O.O.O.O.O.O.O.O.O.O.O.O.O.O.O.O.O.O.O.O.O.O.O.O. The fourth-order valence-corrected chi connectivity index (χ4v) is 0. The van der Waals surface area contributed by atoms with Gasteiger partial charge >= 0.3 is 0 Å². The molecule has 0 spiro atoms. The highest BCUT2D eigenvalue weighted by atomic mass is 16.1. The molecule has 81 heteroatoms. The van der Waals surface area contributed by atoms with Crippen LogP contribution in [-0.2, 0) is 0 Å². The van der Waals surface area contributed by atoms with Crippen molar-refractivity contribution in [1.82, 2.24) is 0 Å². The monoisotopic (exact) mass is 1460 g/mol. The van der Waals surface area contributed by atoms with Gasteiger partial charge in [0.15, 0.2) is 0 Å². The molecule has 0 rings (SSSR count). The fourth-order valence-electron chi connectivity index (χ4n) is 0. The topological polar surface area (TPSA) is 2550 Å². The lowest BCUT2D eigenvalue weighted by molar-refractivity contribution is 0.823. The summed E-state index contributed by atoms with van der Waals surface area (Å²) >= 11 is 0. The Bertz CT molecular complexity index is 0. The van der Waals surface area contributed by atoms with Crippen molar-refractivity contribution in [3.63, 3.8) is 0 Å². The van der Waals surface area contributed by atoms with Crippen LogP contribution in [0.25, 0.3) is 0 Å². The molecule has 81 heavy (non-hydrogen) atoms. The van der Waals surface area contributed by atoms with Gasteiger partial charge < -0.3 is 444 Å². The molecule has 0 atom stereocenters. The molecule has 0 saturated carbocycles. The van der Waals surface area contributed by atoms with E-state index in [0.29, 0.717) is 0 Å². The second-order valence-electron chi connectivity index (χ2n) is 0. The molecule has 81 nitrogen and oxygen atoms in total. The maximum absolute atomic E-state index is 0. The van der Waals surface area contributed by atoms with Gasteiger partial charge in [-0.3, -0.25) is 0 Å². The summed E-state index contributed by atoms with van der Waals surface area (Å²) in [5.41, 5.74) is 0. The summed E-state index contributed by atoms with van der Waals surface area (Å²) in [7, 11) is 0. The number of rotatable bonds is 0. The third-order valence-corrected chi connectivity index (χ3v) is 0. The van der Waals surface area contributed by atoms with Gasteiger partial charge in [0.1, 0.15) is 0 Å². The first-order valence-corrected chi connectivity index (χ1v) is 0. The molecule has 0 amide bonds. The zero-order valence-electron chi connectivity index (χ0n) is 40.5. The van der Waals surface area contributed by atoms with Gasteiger partial charge in [0.2, 0.25) is 0 Å². The normalized spacial score (nSPS) is 0. The molecular formula is H162O81. The maximum Gasteiger partial charge on any atom is -0.412 e. The smallest absolute Gasteiger partial charge is 0.412 e. The quantitative estimate of drug-likeness (QED) is 0.218. The molecule has 0 aliphatic carbocycles. The highest BCUT2D eigenvalue weighted by Gasteiger charge is -0.332. The average molecular weight is 1460 g/mol. The molecular weight excluding hydrogens is 1300 g/mol. The Labute approximate surface area is 445 Å². The van der Waals surface area contributed by atoms with Crippen LogP contribution >= 0.6 is 0 Å². The van der Waals surface area contributed by atoms with E-state index in [1.807, 2.05) is 0 Å². The van der Waals surface area contributed by atoms with Crippen molar-refractivity contribution in [2.24, 2.45) is 0 Å². The van der Waals surface area contributed by atoms with E-state index in [4.69, 9.17) is 0 Å². The first-order valence-electron chi connectivity index (χ1n) is 0. The largest absolute Gasteiger partial charge is 0.412 e. The fraction of sp³-hybridized carbons (Fsp3) is 0. The van der Waals surface area contributed by atoms with Gasteiger partial charge in [0.05, 0.1) is 0 Å². The zero-order chi connectivity index (χ0) is 0. The predicted octanol–water partition coefficient (Wildman–Crippen LogP) is -66.8. The van der Waals surface area contributed by atoms with E-state index in [9.17, 15) is 0 Å².